The normalized spacial score (nSPS) is 7.79. The number of rotatable bonds is 3. The van der Waals surface area contributed by atoms with Gasteiger partial charge in [0.2, 0.25) is 0 Å². The van der Waals surface area contributed by atoms with Crippen molar-refractivity contribution in [1.82, 2.24) is 0 Å². The average molecular weight is 323 g/mol. The van der Waals surface area contributed by atoms with Crippen LogP contribution in [0.5, 0.6) is 0 Å². The van der Waals surface area contributed by atoms with Gasteiger partial charge < -0.3 is 0 Å². The number of benzene rings is 1. The van der Waals surface area contributed by atoms with E-state index in [1.165, 1.54) is 0 Å². The van der Waals surface area contributed by atoms with Crippen molar-refractivity contribution in [3.63, 3.8) is 0 Å². The zero-order valence-electron chi connectivity index (χ0n) is 7.56. The van der Waals surface area contributed by atoms with E-state index in [1.807, 2.05) is 30.3 Å². The van der Waals surface area contributed by atoms with E-state index in [0.29, 0.717) is 6.42 Å². The SMILES string of the molecule is O=C(Cc1ccccc1)O[BH][Fe].[Mn].[Zn]. The second-order valence-electron chi connectivity index (χ2n) is 2.28. The summed E-state index contributed by atoms with van der Waals surface area (Å²) in [6.07, 6.45) is 0.530. The third kappa shape index (κ3) is 6.81. The van der Waals surface area contributed by atoms with Crippen molar-refractivity contribution in [3.8, 4) is 0 Å². The Hall–Kier alpha value is 0.417. The van der Waals surface area contributed by atoms with Crippen molar-refractivity contribution >= 4 is 12.3 Å². The van der Waals surface area contributed by atoms with Gasteiger partial charge in [-0.2, -0.15) is 0 Å². The zero-order chi connectivity index (χ0) is 8.81. The molecule has 0 atom stereocenters. The first kappa shape index (κ1) is 16.8. The predicted octanol–water partition coefficient (Wildman–Crippen LogP) is 0.581. The minimum atomic E-state index is -0.226. The number of hydrogen-bond donors (Lipinski definition) is 0. The molecular weight excluding hydrogens is 315 g/mol. The summed E-state index contributed by atoms with van der Waals surface area (Å²) >= 11 is 3.42. The first-order valence-corrected chi connectivity index (χ1v) is 4.35. The Morgan fingerprint density at radius 2 is 1.93 bits per heavy atom. The molecule has 0 aliphatic heterocycles. The maximum atomic E-state index is 11.0. The molecule has 6 heteroatoms. The van der Waals surface area contributed by atoms with Gasteiger partial charge in [0, 0.05) is 36.5 Å². The summed E-state index contributed by atoms with van der Waals surface area (Å²) in [5.41, 5.74) is 0.968. The van der Waals surface area contributed by atoms with Crippen LogP contribution in [-0.4, -0.2) is 12.3 Å². The van der Waals surface area contributed by atoms with Gasteiger partial charge in [0.25, 0.3) is 0 Å². The molecule has 0 saturated heterocycles. The topological polar surface area (TPSA) is 26.3 Å². The fourth-order valence-corrected chi connectivity index (χ4v) is 1.05. The molecule has 1 aromatic carbocycles. The van der Waals surface area contributed by atoms with Crippen molar-refractivity contribution in [2.45, 2.75) is 6.42 Å². The van der Waals surface area contributed by atoms with Crippen LogP contribution < -0.4 is 0 Å². The molecule has 0 saturated carbocycles. The van der Waals surface area contributed by atoms with Gasteiger partial charge in [-0.05, 0) is 0 Å². The molecule has 72 valence electrons. The third-order valence-electron chi connectivity index (χ3n) is 1.40. The van der Waals surface area contributed by atoms with Crippen molar-refractivity contribution in [3.05, 3.63) is 35.9 Å². The fourth-order valence-electron chi connectivity index (χ4n) is 0.870. The van der Waals surface area contributed by atoms with Gasteiger partial charge in [0.1, 0.15) is 0 Å². The van der Waals surface area contributed by atoms with Crippen LogP contribution in [0.3, 0.4) is 0 Å². The second kappa shape index (κ2) is 9.95. The summed E-state index contributed by atoms with van der Waals surface area (Å²) in [5, 5.41) is 0. The maximum Gasteiger partial charge on any atom is 0 e. The van der Waals surface area contributed by atoms with E-state index in [2.05, 4.69) is 15.8 Å². The summed E-state index contributed by atoms with van der Waals surface area (Å²) < 4.78 is 4.70. The number of hydrogen-bond acceptors (Lipinski definition) is 2. The summed E-state index contributed by atoms with van der Waals surface area (Å²) in [7, 11) is 0. The molecule has 14 heavy (non-hydrogen) atoms. The molecule has 1 rings (SSSR count). The van der Waals surface area contributed by atoms with E-state index in [9.17, 15) is 4.79 Å². The Bertz CT molecular complexity index is 261. The van der Waals surface area contributed by atoms with Crippen LogP contribution >= 0.6 is 0 Å². The second-order valence-corrected chi connectivity index (χ2v) is 2.60. The van der Waals surface area contributed by atoms with Crippen molar-refractivity contribution in [2.75, 3.05) is 0 Å². The molecule has 0 aliphatic rings. The van der Waals surface area contributed by atoms with Crippen LogP contribution in [0.25, 0.3) is 0 Å². The fraction of sp³-hybridized carbons (Fsp3) is 0.125. The first-order chi connectivity index (χ1) is 5.83. The van der Waals surface area contributed by atoms with E-state index >= 15 is 0 Å². The largest absolute Gasteiger partial charge is 0 e. The van der Waals surface area contributed by atoms with Crippen molar-refractivity contribution in [1.29, 1.82) is 0 Å². The quantitative estimate of drug-likeness (QED) is 0.761. The molecule has 0 N–H and O–H groups in total. The van der Waals surface area contributed by atoms with Gasteiger partial charge in [-0.1, -0.05) is 0 Å². The Morgan fingerprint density at radius 3 is 2.43 bits per heavy atom. The number of carbonyl (C=O) groups excluding carboxylic acids is 1. The van der Waals surface area contributed by atoms with Gasteiger partial charge in [-0.25, -0.2) is 0 Å². The van der Waals surface area contributed by atoms with Crippen molar-refractivity contribution < 1.29 is 61.8 Å². The van der Waals surface area contributed by atoms with E-state index in [4.69, 9.17) is 4.65 Å². The summed E-state index contributed by atoms with van der Waals surface area (Å²) in [5.74, 6) is -0.226. The van der Waals surface area contributed by atoms with Crippen LogP contribution in [0.2, 0.25) is 0 Å². The smallest absolute Gasteiger partial charge is 0 e. The molecule has 0 aliphatic carbocycles. The minimum Gasteiger partial charge on any atom is 0 e. The summed E-state index contributed by atoms with van der Waals surface area (Å²) in [4.78, 5) is 11.0. The minimum absolute atomic E-state index is 0. The molecule has 0 amide bonds. The van der Waals surface area contributed by atoms with Gasteiger partial charge in [0.15, 0.2) is 0 Å². The van der Waals surface area contributed by atoms with E-state index in [-0.39, 0.29) is 48.8 Å². The number of carbonyl (C=O) groups is 1. The molecule has 0 bridgehead atoms. The molecule has 1 aromatic rings. The van der Waals surface area contributed by atoms with Crippen molar-refractivity contribution in [2.24, 2.45) is 0 Å². The molecule has 0 fully saturated rings. The van der Waals surface area contributed by atoms with Crippen LogP contribution in [-0.2, 0) is 68.3 Å². The third-order valence-corrected chi connectivity index (χ3v) is 1.56. The molecule has 0 aromatic heterocycles. The van der Waals surface area contributed by atoms with Crippen LogP contribution in [0.4, 0.5) is 0 Å². The monoisotopic (exact) mass is 322 g/mol. The van der Waals surface area contributed by atoms with Gasteiger partial charge >= 0.3 is 79.9 Å². The molecule has 0 unspecified atom stereocenters. The Balaban J connectivity index is 0. The van der Waals surface area contributed by atoms with Crippen LogP contribution in [0.1, 0.15) is 5.56 Å². The van der Waals surface area contributed by atoms with Crippen LogP contribution in [0, 0.1) is 0 Å². The van der Waals surface area contributed by atoms with E-state index in [0.717, 1.165) is 5.56 Å². The average Bonchev–Trinajstić information content (AvgIpc) is 2.06. The molecular formula is C8H8BFeMnO2Zn. The molecule has 0 heterocycles. The van der Waals surface area contributed by atoms with Gasteiger partial charge in [-0.15, -0.1) is 0 Å². The standard InChI is InChI=1S/C8H8BO2.Fe.Mn.Zn/c9-11-8(10)6-7-4-2-1-3-5-7;;;/h1-5,9H,6H2;;;/q+1;-1;;. The van der Waals surface area contributed by atoms with Crippen LogP contribution in [0.15, 0.2) is 30.3 Å². The Kier molecular flexibility index (Phi) is 12.0. The zero-order valence-corrected chi connectivity index (χ0v) is 12.8. The Morgan fingerprint density at radius 1 is 1.36 bits per heavy atom. The van der Waals surface area contributed by atoms with Gasteiger partial charge in [0.05, 0.1) is 0 Å². The maximum absolute atomic E-state index is 11.0. The first-order valence-electron chi connectivity index (χ1n) is 3.56. The summed E-state index contributed by atoms with van der Waals surface area (Å²) in [6, 6.07) is 9.49. The molecule has 1 radical (unpaired) electrons. The molecule has 2 nitrogen and oxygen atoms in total. The van der Waals surface area contributed by atoms with Gasteiger partial charge in [-0.3, -0.25) is 0 Å². The Labute approximate surface area is 116 Å². The molecule has 0 spiro atoms. The predicted molar refractivity (Wildman–Crippen MR) is 43.4 cm³/mol. The van der Waals surface area contributed by atoms with E-state index in [1.54, 1.807) is 0 Å². The summed E-state index contributed by atoms with van der Waals surface area (Å²) in [6.45, 7) is 0. The van der Waals surface area contributed by atoms with E-state index < -0.39 is 0 Å².